The molecule has 6 heteroatoms. The number of pyridine rings is 1. The van der Waals surface area contributed by atoms with E-state index in [-0.39, 0.29) is 12.5 Å². The fourth-order valence-electron chi connectivity index (χ4n) is 3.25. The van der Waals surface area contributed by atoms with Crippen molar-refractivity contribution in [2.75, 3.05) is 18.0 Å². The maximum absolute atomic E-state index is 13.4. The molecule has 0 radical (unpaired) electrons. The van der Waals surface area contributed by atoms with Gasteiger partial charge >= 0.3 is 6.18 Å². The fraction of sp³-hybridized carbons (Fsp3) is 0.421. The number of hydrogen-bond donors (Lipinski definition) is 1. The molecule has 1 aliphatic heterocycles. The maximum Gasteiger partial charge on any atom is 0.404 e. The Morgan fingerprint density at radius 3 is 2.28 bits per heavy atom. The molecular weight excluding hydrogens is 327 g/mol. The van der Waals surface area contributed by atoms with Crippen molar-refractivity contribution in [1.82, 2.24) is 10.3 Å². The second-order valence-electron chi connectivity index (χ2n) is 6.42. The number of piperidine rings is 1. The Balaban J connectivity index is 1.58. The summed E-state index contributed by atoms with van der Waals surface area (Å²) in [6, 6.07) is 11.6. The van der Waals surface area contributed by atoms with Crippen LogP contribution >= 0.6 is 0 Å². The van der Waals surface area contributed by atoms with E-state index in [1.54, 1.807) is 12.1 Å². The number of anilines is 1. The summed E-state index contributed by atoms with van der Waals surface area (Å²) >= 11 is 0. The van der Waals surface area contributed by atoms with Crippen molar-refractivity contribution in [1.29, 1.82) is 0 Å². The molecule has 0 saturated carbocycles. The Labute approximate surface area is 145 Å². The van der Waals surface area contributed by atoms with Gasteiger partial charge in [0.1, 0.15) is 6.04 Å². The first-order chi connectivity index (χ1) is 12.0. The lowest BCUT2D eigenvalue weighted by molar-refractivity contribution is -0.157. The number of hydrogen-bond acceptors (Lipinski definition) is 3. The Kier molecular flexibility index (Phi) is 5.58. The largest absolute Gasteiger partial charge is 0.404 e. The smallest absolute Gasteiger partial charge is 0.371 e. The van der Waals surface area contributed by atoms with E-state index < -0.39 is 12.2 Å². The van der Waals surface area contributed by atoms with Crippen molar-refractivity contribution in [3.63, 3.8) is 0 Å². The number of nitrogens with one attached hydrogen (secondary N) is 1. The average Bonchev–Trinajstić information content (AvgIpc) is 2.63. The third-order valence-electron chi connectivity index (χ3n) is 4.64. The predicted octanol–water partition coefficient (Wildman–Crippen LogP) is 3.81. The van der Waals surface area contributed by atoms with Crippen LogP contribution in [0.25, 0.3) is 0 Å². The van der Waals surface area contributed by atoms with Gasteiger partial charge in [-0.2, -0.15) is 13.2 Å². The van der Waals surface area contributed by atoms with E-state index in [1.807, 2.05) is 30.3 Å². The van der Waals surface area contributed by atoms with E-state index >= 15 is 0 Å². The molecule has 1 aromatic carbocycles. The molecule has 0 spiro atoms. The number of aromatic nitrogens is 1. The molecule has 3 rings (SSSR count). The van der Waals surface area contributed by atoms with Gasteiger partial charge in [-0.05, 0) is 49.1 Å². The monoisotopic (exact) mass is 349 g/mol. The third-order valence-corrected chi connectivity index (χ3v) is 4.64. The first-order valence-electron chi connectivity index (χ1n) is 8.54. The van der Waals surface area contributed by atoms with Crippen molar-refractivity contribution in [3.05, 3.63) is 60.4 Å². The Bertz CT molecular complexity index is 638. The van der Waals surface area contributed by atoms with Gasteiger partial charge in [-0.1, -0.05) is 18.2 Å². The van der Waals surface area contributed by atoms with Crippen LogP contribution in [-0.2, 0) is 6.42 Å². The van der Waals surface area contributed by atoms with E-state index in [1.165, 1.54) is 12.4 Å². The van der Waals surface area contributed by atoms with Crippen LogP contribution in [0.4, 0.5) is 18.9 Å². The van der Waals surface area contributed by atoms with E-state index in [2.05, 4.69) is 15.2 Å². The summed E-state index contributed by atoms with van der Waals surface area (Å²) in [6.45, 7) is 1.53. The van der Waals surface area contributed by atoms with Crippen molar-refractivity contribution >= 4 is 5.69 Å². The summed E-state index contributed by atoms with van der Waals surface area (Å²) in [6.07, 6.45) is 0.141. The molecule has 1 N–H and O–H groups in total. The Morgan fingerprint density at radius 1 is 1.04 bits per heavy atom. The van der Waals surface area contributed by atoms with Gasteiger partial charge in [0.2, 0.25) is 0 Å². The average molecular weight is 349 g/mol. The van der Waals surface area contributed by atoms with Crippen LogP contribution in [0.3, 0.4) is 0 Å². The van der Waals surface area contributed by atoms with Gasteiger partial charge in [-0.15, -0.1) is 0 Å². The van der Waals surface area contributed by atoms with Gasteiger partial charge in [0.15, 0.2) is 0 Å². The van der Waals surface area contributed by atoms with Crippen LogP contribution in [0.2, 0.25) is 0 Å². The minimum Gasteiger partial charge on any atom is -0.371 e. The van der Waals surface area contributed by atoms with Gasteiger partial charge in [0, 0.05) is 37.2 Å². The molecule has 1 fully saturated rings. The summed E-state index contributed by atoms with van der Waals surface area (Å²) < 4.78 is 40.2. The second-order valence-corrected chi connectivity index (χ2v) is 6.42. The number of alkyl halides is 3. The van der Waals surface area contributed by atoms with Crippen LogP contribution in [0.5, 0.6) is 0 Å². The number of halogens is 3. The fourth-order valence-corrected chi connectivity index (χ4v) is 3.25. The Hall–Kier alpha value is -2.08. The molecule has 1 saturated heterocycles. The molecule has 1 aliphatic rings. The van der Waals surface area contributed by atoms with E-state index in [9.17, 15) is 13.2 Å². The van der Waals surface area contributed by atoms with Crippen LogP contribution in [0, 0.1) is 0 Å². The first kappa shape index (κ1) is 17.7. The quantitative estimate of drug-likeness (QED) is 0.890. The molecule has 0 aliphatic carbocycles. The number of rotatable bonds is 5. The highest BCUT2D eigenvalue weighted by molar-refractivity contribution is 5.46. The van der Waals surface area contributed by atoms with Crippen molar-refractivity contribution in [3.8, 4) is 0 Å². The standard InChI is InChI=1S/C19H22F3N3/c20-19(21,22)18(14-15-6-10-23-11-7-15)24-16-8-12-25(13-9-16)17-4-2-1-3-5-17/h1-7,10-11,16,18,24H,8-9,12-14H2. The highest BCUT2D eigenvalue weighted by Gasteiger charge is 2.40. The van der Waals surface area contributed by atoms with Crippen molar-refractivity contribution in [2.24, 2.45) is 0 Å². The summed E-state index contributed by atoms with van der Waals surface area (Å²) in [5.41, 5.74) is 1.77. The van der Waals surface area contributed by atoms with Crippen molar-refractivity contribution < 1.29 is 13.2 Å². The summed E-state index contributed by atoms with van der Waals surface area (Å²) in [5.74, 6) is 0. The minimum absolute atomic E-state index is 0.0646. The molecule has 134 valence electrons. The maximum atomic E-state index is 13.4. The van der Waals surface area contributed by atoms with Crippen molar-refractivity contribution in [2.45, 2.75) is 37.5 Å². The number of para-hydroxylation sites is 1. The summed E-state index contributed by atoms with van der Waals surface area (Å²) in [5, 5.41) is 2.84. The summed E-state index contributed by atoms with van der Waals surface area (Å²) in [4.78, 5) is 6.09. The predicted molar refractivity (Wildman–Crippen MR) is 92.6 cm³/mol. The van der Waals surface area contributed by atoms with E-state index in [4.69, 9.17) is 0 Å². The molecule has 2 heterocycles. The molecule has 0 amide bonds. The van der Waals surface area contributed by atoms with Gasteiger partial charge in [-0.25, -0.2) is 0 Å². The second kappa shape index (κ2) is 7.87. The van der Waals surface area contributed by atoms with Crippen LogP contribution in [-0.4, -0.2) is 36.3 Å². The Morgan fingerprint density at radius 2 is 1.68 bits per heavy atom. The molecule has 1 aromatic heterocycles. The van der Waals surface area contributed by atoms with E-state index in [0.29, 0.717) is 18.4 Å². The van der Waals surface area contributed by atoms with Gasteiger partial charge in [0.25, 0.3) is 0 Å². The molecule has 0 bridgehead atoms. The lowest BCUT2D eigenvalue weighted by Gasteiger charge is -2.36. The number of benzene rings is 1. The molecule has 2 aromatic rings. The highest BCUT2D eigenvalue weighted by Crippen LogP contribution is 2.26. The molecule has 1 unspecified atom stereocenters. The highest BCUT2D eigenvalue weighted by atomic mass is 19.4. The van der Waals surface area contributed by atoms with Gasteiger partial charge in [-0.3, -0.25) is 4.98 Å². The molecule has 1 atom stereocenters. The zero-order chi connectivity index (χ0) is 17.7. The van der Waals surface area contributed by atoms with E-state index in [0.717, 1.165) is 18.8 Å². The number of nitrogens with zero attached hydrogens (tertiary/aromatic N) is 2. The topological polar surface area (TPSA) is 28.2 Å². The molecule has 3 nitrogen and oxygen atoms in total. The lowest BCUT2D eigenvalue weighted by atomic mass is 10.0. The lowest BCUT2D eigenvalue weighted by Crippen LogP contribution is -2.52. The molecular formula is C19H22F3N3. The van der Waals surface area contributed by atoms with Crippen LogP contribution < -0.4 is 10.2 Å². The summed E-state index contributed by atoms with van der Waals surface area (Å²) in [7, 11) is 0. The molecule has 25 heavy (non-hydrogen) atoms. The minimum atomic E-state index is -4.26. The van der Waals surface area contributed by atoms with Crippen LogP contribution in [0.1, 0.15) is 18.4 Å². The SMILES string of the molecule is FC(F)(F)C(Cc1ccncc1)NC1CCN(c2ccccc2)CC1. The zero-order valence-electron chi connectivity index (χ0n) is 13.9. The third kappa shape index (κ3) is 4.95. The van der Waals surface area contributed by atoms with Crippen LogP contribution in [0.15, 0.2) is 54.9 Å². The van der Waals surface area contributed by atoms with Gasteiger partial charge < -0.3 is 10.2 Å². The zero-order valence-corrected chi connectivity index (χ0v) is 13.9. The normalized spacial score (nSPS) is 17.5. The first-order valence-corrected chi connectivity index (χ1v) is 8.54. The van der Waals surface area contributed by atoms with Gasteiger partial charge in [0.05, 0.1) is 0 Å².